The highest BCUT2D eigenvalue weighted by atomic mass is 79.9. The standard InChI is InChI=1S/C15H20BrN3O2/c1-10-13(19-21-18-10)9-20-14-6-5-11(7-12(14)16)8-17-15(2,3)4/h5-7,17H,8-9H2,1-4H3. The van der Waals surface area contributed by atoms with Crippen molar-refractivity contribution in [3.63, 3.8) is 0 Å². The van der Waals surface area contributed by atoms with Crippen LogP contribution >= 0.6 is 15.9 Å². The van der Waals surface area contributed by atoms with Gasteiger partial charge in [0, 0.05) is 12.1 Å². The number of aromatic nitrogens is 2. The van der Waals surface area contributed by atoms with E-state index in [1.807, 2.05) is 19.1 Å². The smallest absolute Gasteiger partial charge is 0.145 e. The lowest BCUT2D eigenvalue weighted by Gasteiger charge is -2.20. The fourth-order valence-electron chi connectivity index (χ4n) is 1.67. The molecule has 0 saturated carbocycles. The minimum Gasteiger partial charge on any atom is -0.486 e. The molecule has 6 heteroatoms. The zero-order chi connectivity index (χ0) is 15.5. The van der Waals surface area contributed by atoms with Crippen LogP contribution in [0.4, 0.5) is 0 Å². The molecule has 0 fully saturated rings. The number of nitrogens with one attached hydrogen (secondary N) is 1. The first kappa shape index (κ1) is 16.0. The summed E-state index contributed by atoms with van der Waals surface area (Å²) in [6.07, 6.45) is 0. The molecule has 0 spiro atoms. The number of ether oxygens (including phenoxy) is 1. The number of aryl methyl sites for hydroxylation is 1. The van der Waals surface area contributed by atoms with Crippen molar-refractivity contribution in [2.75, 3.05) is 0 Å². The summed E-state index contributed by atoms with van der Waals surface area (Å²) < 4.78 is 11.3. The van der Waals surface area contributed by atoms with E-state index in [0.717, 1.165) is 22.5 Å². The summed E-state index contributed by atoms with van der Waals surface area (Å²) in [5.41, 5.74) is 2.75. The molecule has 2 aromatic rings. The molecule has 0 bridgehead atoms. The van der Waals surface area contributed by atoms with Crippen LogP contribution in [0.15, 0.2) is 27.3 Å². The van der Waals surface area contributed by atoms with E-state index in [2.05, 4.69) is 63.0 Å². The number of hydrogen-bond donors (Lipinski definition) is 1. The molecule has 0 amide bonds. The topological polar surface area (TPSA) is 60.2 Å². The second kappa shape index (κ2) is 6.58. The molecule has 0 saturated heterocycles. The Morgan fingerprint density at radius 2 is 2.05 bits per heavy atom. The SMILES string of the molecule is Cc1nonc1COc1ccc(CNC(C)(C)C)cc1Br. The second-order valence-corrected chi connectivity index (χ2v) is 6.81. The zero-order valence-electron chi connectivity index (χ0n) is 12.7. The lowest BCUT2D eigenvalue weighted by atomic mass is 10.1. The number of benzene rings is 1. The first-order valence-corrected chi connectivity index (χ1v) is 7.59. The van der Waals surface area contributed by atoms with E-state index in [1.165, 1.54) is 5.56 Å². The largest absolute Gasteiger partial charge is 0.486 e. The number of hydrogen-bond acceptors (Lipinski definition) is 5. The van der Waals surface area contributed by atoms with E-state index < -0.39 is 0 Å². The number of rotatable bonds is 5. The van der Waals surface area contributed by atoms with Gasteiger partial charge in [-0.15, -0.1) is 0 Å². The molecule has 2 rings (SSSR count). The van der Waals surface area contributed by atoms with Crippen molar-refractivity contribution in [3.05, 3.63) is 39.6 Å². The van der Waals surface area contributed by atoms with Crippen LogP contribution in [0.2, 0.25) is 0 Å². The average Bonchev–Trinajstić information content (AvgIpc) is 2.80. The van der Waals surface area contributed by atoms with E-state index in [-0.39, 0.29) is 5.54 Å². The fraction of sp³-hybridized carbons (Fsp3) is 0.467. The first-order chi connectivity index (χ1) is 9.85. The summed E-state index contributed by atoms with van der Waals surface area (Å²) >= 11 is 3.54. The molecular weight excluding hydrogens is 334 g/mol. The number of halogens is 1. The highest BCUT2D eigenvalue weighted by Crippen LogP contribution is 2.27. The van der Waals surface area contributed by atoms with E-state index >= 15 is 0 Å². The van der Waals surface area contributed by atoms with Crippen LogP contribution in [0, 0.1) is 6.92 Å². The van der Waals surface area contributed by atoms with E-state index in [0.29, 0.717) is 12.3 Å². The fourth-order valence-corrected chi connectivity index (χ4v) is 2.21. The van der Waals surface area contributed by atoms with E-state index in [1.54, 1.807) is 0 Å². The zero-order valence-corrected chi connectivity index (χ0v) is 14.3. The molecular formula is C15H20BrN3O2. The second-order valence-electron chi connectivity index (χ2n) is 5.95. The lowest BCUT2D eigenvalue weighted by Crippen LogP contribution is -2.35. The van der Waals surface area contributed by atoms with Gasteiger partial charge in [0.1, 0.15) is 23.7 Å². The number of nitrogens with zero attached hydrogens (tertiary/aromatic N) is 2. The highest BCUT2D eigenvalue weighted by Gasteiger charge is 2.11. The van der Waals surface area contributed by atoms with Crippen molar-refractivity contribution in [1.29, 1.82) is 0 Å². The van der Waals surface area contributed by atoms with Crippen LogP contribution < -0.4 is 10.1 Å². The van der Waals surface area contributed by atoms with Crippen LogP contribution in [0.3, 0.4) is 0 Å². The average molecular weight is 354 g/mol. The van der Waals surface area contributed by atoms with Gasteiger partial charge in [0.15, 0.2) is 0 Å². The summed E-state index contributed by atoms with van der Waals surface area (Å²) in [5, 5.41) is 11.0. The van der Waals surface area contributed by atoms with Crippen molar-refractivity contribution in [2.24, 2.45) is 0 Å². The molecule has 5 nitrogen and oxygen atoms in total. The third kappa shape index (κ3) is 4.82. The van der Waals surface area contributed by atoms with Gasteiger partial charge >= 0.3 is 0 Å². The Morgan fingerprint density at radius 1 is 1.29 bits per heavy atom. The van der Waals surface area contributed by atoms with Gasteiger partial charge in [-0.1, -0.05) is 16.4 Å². The van der Waals surface area contributed by atoms with Crippen LogP contribution in [-0.2, 0) is 13.2 Å². The van der Waals surface area contributed by atoms with Gasteiger partial charge in [0.05, 0.1) is 4.47 Å². The minimum atomic E-state index is 0.0964. The van der Waals surface area contributed by atoms with Crippen molar-refractivity contribution in [2.45, 2.75) is 46.4 Å². The third-order valence-electron chi connectivity index (χ3n) is 2.93. The van der Waals surface area contributed by atoms with Gasteiger partial charge in [0.25, 0.3) is 0 Å². The molecule has 0 atom stereocenters. The normalized spacial score (nSPS) is 11.7. The van der Waals surface area contributed by atoms with Crippen LogP contribution in [-0.4, -0.2) is 15.9 Å². The summed E-state index contributed by atoms with van der Waals surface area (Å²) in [4.78, 5) is 0. The van der Waals surface area contributed by atoms with Gasteiger partial charge in [0.2, 0.25) is 0 Å². The Morgan fingerprint density at radius 3 is 2.62 bits per heavy atom. The Bertz CT molecular complexity index is 605. The van der Waals surface area contributed by atoms with Crippen LogP contribution in [0.25, 0.3) is 0 Å². The molecule has 0 unspecified atom stereocenters. The summed E-state index contributed by atoms with van der Waals surface area (Å²) in [6.45, 7) is 9.43. The molecule has 1 aromatic heterocycles. The van der Waals surface area contributed by atoms with Crippen molar-refractivity contribution in [3.8, 4) is 5.75 Å². The van der Waals surface area contributed by atoms with Gasteiger partial charge in [-0.3, -0.25) is 0 Å². The van der Waals surface area contributed by atoms with Crippen LogP contribution in [0.5, 0.6) is 5.75 Å². The van der Waals surface area contributed by atoms with Crippen molar-refractivity contribution >= 4 is 15.9 Å². The van der Waals surface area contributed by atoms with E-state index in [4.69, 9.17) is 4.74 Å². The maximum Gasteiger partial charge on any atom is 0.145 e. The molecule has 0 aliphatic heterocycles. The van der Waals surface area contributed by atoms with Gasteiger partial charge in [-0.2, -0.15) is 0 Å². The Balaban J connectivity index is 1.97. The molecule has 114 valence electrons. The van der Waals surface area contributed by atoms with Crippen LogP contribution in [0.1, 0.15) is 37.7 Å². The Labute approximate surface area is 133 Å². The molecule has 1 N–H and O–H groups in total. The minimum absolute atomic E-state index is 0.0964. The van der Waals surface area contributed by atoms with Crippen molar-refractivity contribution in [1.82, 2.24) is 15.6 Å². The molecule has 0 aliphatic rings. The predicted molar refractivity (Wildman–Crippen MR) is 84.1 cm³/mol. The third-order valence-corrected chi connectivity index (χ3v) is 3.55. The van der Waals surface area contributed by atoms with Crippen molar-refractivity contribution < 1.29 is 9.37 Å². The Hall–Kier alpha value is -1.40. The maximum atomic E-state index is 5.73. The summed E-state index contributed by atoms with van der Waals surface area (Å²) in [6, 6.07) is 6.06. The van der Waals surface area contributed by atoms with E-state index in [9.17, 15) is 0 Å². The quantitative estimate of drug-likeness (QED) is 0.889. The maximum absolute atomic E-state index is 5.73. The molecule has 21 heavy (non-hydrogen) atoms. The van der Waals surface area contributed by atoms with Gasteiger partial charge in [-0.05, 0) is 61.3 Å². The summed E-state index contributed by atoms with van der Waals surface area (Å²) in [7, 11) is 0. The van der Waals surface area contributed by atoms with Gasteiger partial charge in [-0.25, -0.2) is 4.63 Å². The summed E-state index contributed by atoms with van der Waals surface area (Å²) in [5.74, 6) is 0.775. The molecule has 1 aromatic carbocycles. The predicted octanol–water partition coefficient (Wildman–Crippen LogP) is 3.61. The molecule has 1 heterocycles. The highest BCUT2D eigenvalue weighted by molar-refractivity contribution is 9.10. The Kier molecular flexibility index (Phi) is 5.00. The first-order valence-electron chi connectivity index (χ1n) is 6.79. The monoisotopic (exact) mass is 353 g/mol. The lowest BCUT2D eigenvalue weighted by molar-refractivity contribution is 0.269. The molecule has 0 aliphatic carbocycles. The molecule has 0 radical (unpaired) electrons. The van der Waals surface area contributed by atoms with Gasteiger partial charge < -0.3 is 10.1 Å².